The molecule has 6 heteroatoms. The maximum absolute atomic E-state index is 12.1. The van der Waals surface area contributed by atoms with Crippen molar-refractivity contribution in [2.24, 2.45) is 5.41 Å². The van der Waals surface area contributed by atoms with Crippen LogP contribution in [0, 0.1) is 5.41 Å². The van der Waals surface area contributed by atoms with Gasteiger partial charge in [0, 0.05) is 6.54 Å². The number of rotatable bonds is 6. The van der Waals surface area contributed by atoms with Crippen molar-refractivity contribution in [2.75, 3.05) is 19.4 Å². The van der Waals surface area contributed by atoms with Gasteiger partial charge in [-0.15, -0.1) is 0 Å². The van der Waals surface area contributed by atoms with E-state index >= 15 is 0 Å². The molecule has 0 atom stereocenters. The Balaban J connectivity index is 2.92. The molecule has 0 aliphatic carbocycles. The molecule has 19 heavy (non-hydrogen) atoms. The van der Waals surface area contributed by atoms with E-state index in [1.807, 2.05) is 20.8 Å². The van der Waals surface area contributed by atoms with E-state index in [0.717, 1.165) is 6.42 Å². The lowest BCUT2D eigenvalue weighted by Gasteiger charge is -2.22. The third-order valence-electron chi connectivity index (χ3n) is 3.21. The third-order valence-corrected chi connectivity index (χ3v) is 4.61. The number of hydrogen-bond donors (Lipinski definition) is 2. The molecule has 1 aromatic rings. The molecule has 0 aliphatic heterocycles. The van der Waals surface area contributed by atoms with Crippen LogP contribution in [0.15, 0.2) is 23.1 Å². The molecule has 0 heterocycles. The Morgan fingerprint density at radius 2 is 2.00 bits per heavy atom. The summed E-state index contributed by atoms with van der Waals surface area (Å²) in [6.45, 7) is 6.44. The molecule has 0 unspecified atom stereocenters. The molecule has 0 saturated heterocycles. The quantitative estimate of drug-likeness (QED) is 0.784. The predicted molar refractivity (Wildman–Crippen MR) is 76.7 cm³/mol. The summed E-state index contributed by atoms with van der Waals surface area (Å²) in [6.07, 6.45) is 0.889. The highest BCUT2D eigenvalue weighted by molar-refractivity contribution is 7.89. The summed E-state index contributed by atoms with van der Waals surface area (Å²) in [5.74, 6) is 0.466. The number of nitrogen functional groups attached to an aromatic ring is 1. The minimum atomic E-state index is -3.54. The van der Waals surface area contributed by atoms with Gasteiger partial charge < -0.3 is 10.5 Å². The Kier molecular flexibility index (Phi) is 4.81. The molecule has 108 valence electrons. The first kappa shape index (κ1) is 15.8. The summed E-state index contributed by atoms with van der Waals surface area (Å²) in [5.41, 5.74) is 5.95. The second kappa shape index (κ2) is 5.79. The van der Waals surface area contributed by atoms with Crippen LogP contribution in [-0.4, -0.2) is 22.1 Å². The predicted octanol–water partition coefficient (Wildman–Crippen LogP) is 1.99. The molecule has 0 aliphatic rings. The zero-order chi connectivity index (χ0) is 14.7. The van der Waals surface area contributed by atoms with E-state index in [0.29, 0.717) is 18.0 Å². The largest absolute Gasteiger partial charge is 0.495 e. The zero-order valence-electron chi connectivity index (χ0n) is 11.9. The van der Waals surface area contributed by atoms with Crippen LogP contribution < -0.4 is 15.2 Å². The molecule has 0 radical (unpaired) electrons. The van der Waals surface area contributed by atoms with Crippen LogP contribution in [0.1, 0.15) is 27.2 Å². The first-order valence-corrected chi connectivity index (χ1v) is 7.63. The highest BCUT2D eigenvalue weighted by Gasteiger charge is 2.21. The van der Waals surface area contributed by atoms with Crippen LogP contribution in [0.3, 0.4) is 0 Å². The Bertz CT molecular complexity index is 539. The van der Waals surface area contributed by atoms with Crippen LogP contribution in [0.25, 0.3) is 0 Å². The van der Waals surface area contributed by atoms with Gasteiger partial charge in [-0.2, -0.15) is 0 Å². The minimum absolute atomic E-state index is 0.0783. The van der Waals surface area contributed by atoms with Gasteiger partial charge >= 0.3 is 0 Å². The van der Waals surface area contributed by atoms with E-state index in [-0.39, 0.29) is 10.3 Å². The van der Waals surface area contributed by atoms with Gasteiger partial charge in [0.15, 0.2) is 0 Å². The number of hydrogen-bond acceptors (Lipinski definition) is 4. The third kappa shape index (κ3) is 4.11. The van der Waals surface area contributed by atoms with Crippen molar-refractivity contribution in [3.63, 3.8) is 0 Å². The van der Waals surface area contributed by atoms with Crippen molar-refractivity contribution in [1.82, 2.24) is 4.72 Å². The standard InChI is InChI=1S/C13H22N2O3S/c1-5-13(2,3)9-15-19(16,17)10-6-7-12(18-4)11(14)8-10/h6-8,15H,5,9,14H2,1-4H3. The monoisotopic (exact) mass is 286 g/mol. The van der Waals surface area contributed by atoms with E-state index in [1.54, 1.807) is 6.07 Å². The summed E-state index contributed by atoms with van der Waals surface area (Å²) >= 11 is 0. The van der Waals surface area contributed by atoms with Crippen molar-refractivity contribution in [1.29, 1.82) is 0 Å². The molecule has 0 spiro atoms. The first-order valence-electron chi connectivity index (χ1n) is 6.15. The molecule has 5 nitrogen and oxygen atoms in total. The number of sulfonamides is 1. The van der Waals surface area contributed by atoms with Crippen LogP contribution in [-0.2, 0) is 10.0 Å². The van der Waals surface area contributed by atoms with Crippen LogP contribution in [0.4, 0.5) is 5.69 Å². The Morgan fingerprint density at radius 1 is 1.37 bits per heavy atom. The number of benzene rings is 1. The molecular formula is C13H22N2O3S. The fourth-order valence-electron chi connectivity index (χ4n) is 1.38. The van der Waals surface area contributed by atoms with Crippen molar-refractivity contribution < 1.29 is 13.2 Å². The average molecular weight is 286 g/mol. The summed E-state index contributed by atoms with van der Waals surface area (Å²) in [7, 11) is -2.05. The smallest absolute Gasteiger partial charge is 0.240 e. The maximum atomic E-state index is 12.1. The molecule has 0 fully saturated rings. The molecule has 0 amide bonds. The van der Waals surface area contributed by atoms with E-state index in [4.69, 9.17) is 10.5 Å². The number of nitrogens with two attached hydrogens (primary N) is 1. The Hall–Kier alpha value is -1.27. The highest BCUT2D eigenvalue weighted by atomic mass is 32.2. The molecule has 1 aromatic carbocycles. The van der Waals surface area contributed by atoms with Crippen LogP contribution in [0.5, 0.6) is 5.75 Å². The van der Waals surface area contributed by atoms with Crippen LogP contribution >= 0.6 is 0 Å². The van der Waals surface area contributed by atoms with Gasteiger partial charge in [0.1, 0.15) is 5.75 Å². The minimum Gasteiger partial charge on any atom is -0.495 e. The Labute approximate surface area is 115 Å². The highest BCUT2D eigenvalue weighted by Crippen LogP contribution is 2.25. The lowest BCUT2D eigenvalue weighted by Crippen LogP contribution is -2.33. The summed E-state index contributed by atoms with van der Waals surface area (Å²) in [6, 6.07) is 4.44. The number of nitrogens with one attached hydrogen (secondary N) is 1. The second-order valence-electron chi connectivity index (χ2n) is 5.25. The van der Waals surface area contributed by atoms with Gasteiger partial charge in [0.25, 0.3) is 0 Å². The fourth-order valence-corrected chi connectivity index (χ4v) is 2.66. The van der Waals surface area contributed by atoms with Gasteiger partial charge in [0.05, 0.1) is 17.7 Å². The first-order chi connectivity index (χ1) is 8.72. The molecule has 3 N–H and O–H groups in total. The summed E-state index contributed by atoms with van der Waals surface area (Å²) in [5, 5.41) is 0. The van der Waals surface area contributed by atoms with Gasteiger partial charge in [0.2, 0.25) is 10.0 Å². The normalized spacial score (nSPS) is 12.4. The molecule has 0 saturated carbocycles. The summed E-state index contributed by atoms with van der Waals surface area (Å²) in [4.78, 5) is 0.151. The van der Waals surface area contributed by atoms with E-state index in [2.05, 4.69) is 4.72 Å². The van der Waals surface area contributed by atoms with E-state index in [9.17, 15) is 8.42 Å². The Morgan fingerprint density at radius 3 is 2.47 bits per heavy atom. The molecule has 0 bridgehead atoms. The molecule has 0 aromatic heterocycles. The van der Waals surface area contributed by atoms with Crippen molar-refractivity contribution in [2.45, 2.75) is 32.1 Å². The second-order valence-corrected chi connectivity index (χ2v) is 7.01. The van der Waals surface area contributed by atoms with Gasteiger partial charge in [-0.05, 0) is 30.0 Å². The number of ether oxygens (including phenoxy) is 1. The van der Waals surface area contributed by atoms with Crippen molar-refractivity contribution >= 4 is 15.7 Å². The lowest BCUT2D eigenvalue weighted by atomic mass is 9.91. The van der Waals surface area contributed by atoms with Gasteiger partial charge in [-0.3, -0.25) is 0 Å². The fraction of sp³-hybridized carbons (Fsp3) is 0.538. The van der Waals surface area contributed by atoms with Crippen molar-refractivity contribution in [3.8, 4) is 5.75 Å². The number of methoxy groups -OCH3 is 1. The molecule has 1 rings (SSSR count). The molecular weight excluding hydrogens is 264 g/mol. The van der Waals surface area contributed by atoms with E-state index in [1.165, 1.54) is 19.2 Å². The topological polar surface area (TPSA) is 81.4 Å². The SMILES string of the molecule is CCC(C)(C)CNS(=O)(=O)c1ccc(OC)c(N)c1. The van der Waals surface area contributed by atoms with Crippen LogP contribution in [0.2, 0.25) is 0 Å². The number of anilines is 1. The van der Waals surface area contributed by atoms with Crippen molar-refractivity contribution in [3.05, 3.63) is 18.2 Å². The van der Waals surface area contributed by atoms with Gasteiger partial charge in [-0.25, -0.2) is 13.1 Å². The zero-order valence-corrected chi connectivity index (χ0v) is 12.7. The van der Waals surface area contributed by atoms with E-state index < -0.39 is 10.0 Å². The average Bonchev–Trinajstić information content (AvgIpc) is 2.36. The lowest BCUT2D eigenvalue weighted by molar-refractivity contribution is 0.350. The van der Waals surface area contributed by atoms with Gasteiger partial charge in [-0.1, -0.05) is 20.8 Å². The maximum Gasteiger partial charge on any atom is 0.240 e. The summed E-state index contributed by atoms with van der Waals surface area (Å²) < 4.78 is 31.9.